The molecule has 0 bridgehead atoms. The number of anilines is 2. The number of nitrogens with one attached hydrogen (secondary N) is 1. The maximum atomic E-state index is 13.3. The molecule has 0 aromatic heterocycles. The van der Waals surface area contributed by atoms with Crippen LogP contribution in [0.3, 0.4) is 0 Å². The molecule has 1 saturated heterocycles. The minimum atomic E-state index is -4.74. The number of benzene rings is 2. The zero-order chi connectivity index (χ0) is 24.4. The number of halogens is 3. The number of ether oxygens (including phenoxy) is 2. The number of esters is 1. The lowest BCUT2D eigenvalue weighted by Crippen LogP contribution is -2.36. The lowest BCUT2D eigenvalue weighted by molar-refractivity contribution is -0.137. The fourth-order valence-corrected chi connectivity index (χ4v) is 4.68. The molecule has 0 aliphatic carbocycles. The first-order chi connectivity index (χ1) is 15.5. The van der Waals surface area contributed by atoms with Crippen LogP contribution in [0.25, 0.3) is 0 Å². The van der Waals surface area contributed by atoms with Gasteiger partial charge in [0.05, 0.1) is 36.7 Å². The van der Waals surface area contributed by atoms with Gasteiger partial charge < -0.3 is 14.4 Å². The van der Waals surface area contributed by atoms with E-state index in [0.29, 0.717) is 18.9 Å². The van der Waals surface area contributed by atoms with Crippen LogP contribution in [0.2, 0.25) is 0 Å². The minimum absolute atomic E-state index is 0.000589. The van der Waals surface area contributed by atoms with E-state index in [1.54, 1.807) is 0 Å². The summed E-state index contributed by atoms with van der Waals surface area (Å²) in [5.41, 5.74) is -1.62. The summed E-state index contributed by atoms with van der Waals surface area (Å²) in [5.74, 6) is -1.28. The quantitative estimate of drug-likeness (QED) is 0.623. The average Bonchev–Trinajstić information content (AvgIpc) is 2.77. The molecule has 0 saturated carbocycles. The van der Waals surface area contributed by atoms with Crippen molar-refractivity contribution in [1.29, 1.82) is 0 Å². The van der Waals surface area contributed by atoms with Crippen LogP contribution in [-0.2, 0) is 25.7 Å². The molecule has 2 aromatic carbocycles. The first-order valence-corrected chi connectivity index (χ1v) is 11.3. The average molecular weight is 486 g/mol. The Labute approximate surface area is 188 Å². The molecular weight excluding hydrogens is 465 g/mol. The summed E-state index contributed by atoms with van der Waals surface area (Å²) in [6, 6.07) is 5.98. The molecule has 1 aliphatic heterocycles. The van der Waals surface area contributed by atoms with Gasteiger partial charge in [-0.15, -0.1) is 0 Å². The highest BCUT2D eigenvalue weighted by atomic mass is 32.2. The van der Waals surface area contributed by atoms with Gasteiger partial charge in [-0.05, 0) is 49.2 Å². The van der Waals surface area contributed by atoms with Crippen LogP contribution in [0.1, 0.15) is 35.2 Å². The second-order valence-corrected chi connectivity index (χ2v) is 8.85. The maximum Gasteiger partial charge on any atom is 0.416 e. The number of nitrogens with zero attached hydrogens (tertiary/aromatic N) is 1. The second-order valence-electron chi connectivity index (χ2n) is 7.19. The van der Waals surface area contributed by atoms with E-state index in [2.05, 4.69) is 9.46 Å². The van der Waals surface area contributed by atoms with Gasteiger partial charge in [0, 0.05) is 13.0 Å². The van der Waals surface area contributed by atoms with Crippen molar-refractivity contribution in [3.63, 3.8) is 0 Å². The van der Waals surface area contributed by atoms with Gasteiger partial charge in [-0.1, -0.05) is 0 Å². The predicted octanol–water partition coefficient (Wildman–Crippen LogP) is 3.82. The van der Waals surface area contributed by atoms with E-state index in [-0.39, 0.29) is 35.9 Å². The molecule has 1 aliphatic rings. The minimum Gasteiger partial charge on any atom is -0.495 e. The Hall–Kier alpha value is -3.28. The van der Waals surface area contributed by atoms with E-state index in [0.717, 1.165) is 25.3 Å². The maximum absolute atomic E-state index is 13.3. The van der Waals surface area contributed by atoms with Crippen LogP contribution in [0.5, 0.6) is 5.75 Å². The van der Waals surface area contributed by atoms with Gasteiger partial charge in [0.2, 0.25) is 5.91 Å². The molecule has 0 unspecified atom stereocenters. The number of rotatable bonds is 6. The van der Waals surface area contributed by atoms with Gasteiger partial charge >= 0.3 is 12.1 Å². The molecule has 1 heterocycles. The highest BCUT2D eigenvalue weighted by Crippen LogP contribution is 2.38. The summed E-state index contributed by atoms with van der Waals surface area (Å²) < 4.78 is 78.2. The van der Waals surface area contributed by atoms with Crippen molar-refractivity contribution in [3.8, 4) is 5.75 Å². The fourth-order valence-electron chi connectivity index (χ4n) is 3.42. The lowest BCUT2D eigenvalue weighted by Gasteiger charge is -2.29. The highest BCUT2D eigenvalue weighted by molar-refractivity contribution is 7.92. The number of hydrogen-bond acceptors (Lipinski definition) is 6. The highest BCUT2D eigenvalue weighted by Gasteiger charge is 2.33. The fraction of sp³-hybridized carbons (Fsp3) is 0.333. The van der Waals surface area contributed by atoms with E-state index < -0.39 is 38.3 Å². The van der Waals surface area contributed by atoms with Gasteiger partial charge in [-0.25, -0.2) is 13.2 Å². The standard InChI is InChI=1S/C21H21F3N2O6S/c1-31-17-9-6-13(20(28)32-2)11-18(17)33(29,30)25-15-12-14(21(22,23)24)7-8-16(15)26-10-4-3-5-19(26)27/h6-9,11-12,25H,3-5,10H2,1-2H3. The van der Waals surface area contributed by atoms with Crippen LogP contribution in [0.4, 0.5) is 24.5 Å². The van der Waals surface area contributed by atoms with E-state index in [1.165, 1.54) is 24.1 Å². The molecule has 178 valence electrons. The van der Waals surface area contributed by atoms with Crippen molar-refractivity contribution < 1.29 is 40.7 Å². The summed E-state index contributed by atoms with van der Waals surface area (Å²) in [6.45, 7) is 0.236. The number of amides is 1. The van der Waals surface area contributed by atoms with Crippen LogP contribution >= 0.6 is 0 Å². The third kappa shape index (κ3) is 5.21. The topological polar surface area (TPSA) is 102 Å². The van der Waals surface area contributed by atoms with Gasteiger partial charge in [0.25, 0.3) is 10.0 Å². The van der Waals surface area contributed by atoms with Crippen molar-refractivity contribution in [2.45, 2.75) is 30.3 Å². The summed E-state index contributed by atoms with van der Waals surface area (Å²) in [7, 11) is -2.23. The molecule has 1 amide bonds. The Kier molecular flexibility index (Phi) is 6.86. The summed E-state index contributed by atoms with van der Waals surface area (Å²) in [4.78, 5) is 25.0. The first-order valence-electron chi connectivity index (χ1n) is 9.78. The number of hydrogen-bond donors (Lipinski definition) is 1. The third-order valence-electron chi connectivity index (χ3n) is 5.06. The molecule has 12 heteroatoms. The number of piperidine rings is 1. The lowest BCUT2D eigenvalue weighted by atomic mass is 10.1. The van der Waals surface area contributed by atoms with E-state index in [1.807, 2.05) is 0 Å². The number of carbonyl (C=O) groups is 2. The predicted molar refractivity (Wildman–Crippen MR) is 113 cm³/mol. The van der Waals surface area contributed by atoms with E-state index in [4.69, 9.17) is 4.74 Å². The molecule has 0 spiro atoms. The summed E-state index contributed by atoms with van der Waals surface area (Å²) in [6.07, 6.45) is -3.29. The molecule has 3 rings (SSSR count). The zero-order valence-electron chi connectivity index (χ0n) is 17.7. The van der Waals surface area contributed by atoms with Gasteiger partial charge in [0.15, 0.2) is 0 Å². The largest absolute Gasteiger partial charge is 0.495 e. The summed E-state index contributed by atoms with van der Waals surface area (Å²) >= 11 is 0. The van der Waals surface area contributed by atoms with E-state index >= 15 is 0 Å². The van der Waals surface area contributed by atoms with Crippen LogP contribution in [0.15, 0.2) is 41.3 Å². The van der Waals surface area contributed by atoms with Crippen molar-refractivity contribution in [1.82, 2.24) is 0 Å². The Morgan fingerprint density at radius 3 is 2.42 bits per heavy atom. The van der Waals surface area contributed by atoms with Crippen molar-refractivity contribution in [3.05, 3.63) is 47.5 Å². The number of sulfonamides is 1. The van der Waals surface area contributed by atoms with Crippen molar-refractivity contribution >= 4 is 33.3 Å². The molecular formula is C21H21F3N2O6S. The third-order valence-corrected chi connectivity index (χ3v) is 6.44. The molecule has 8 nitrogen and oxygen atoms in total. The molecule has 0 atom stereocenters. The Balaban J connectivity index is 2.12. The molecule has 1 fully saturated rings. The molecule has 33 heavy (non-hydrogen) atoms. The van der Waals surface area contributed by atoms with Gasteiger partial charge in [-0.2, -0.15) is 13.2 Å². The normalized spacial score (nSPS) is 14.7. The van der Waals surface area contributed by atoms with E-state index in [9.17, 15) is 31.2 Å². The van der Waals surface area contributed by atoms with Crippen LogP contribution < -0.4 is 14.4 Å². The van der Waals surface area contributed by atoms with Crippen molar-refractivity contribution in [2.24, 2.45) is 0 Å². The van der Waals surface area contributed by atoms with Crippen LogP contribution in [0, 0.1) is 0 Å². The molecule has 2 aromatic rings. The van der Waals surface area contributed by atoms with Crippen molar-refractivity contribution in [2.75, 3.05) is 30.4 Å². The van der Waals surface area contributed by atoms with Crippen LogP contribution in [-0.4, -0.2) is 41.1 Å². The molecule has 0 radical (unpaired) electrons. The Morgan fingerprint density at radius 2 is 1.82 bits per heavy atom. The van der Waals surface area contributed by atoms with Gasteiger partial charge in [-0.3, -0.25) is 9.52 Å². The first kappa shape index (κ1) is 24.4. The Bertz CT molecular complexity index is 1180. The smallest absolute Gasteiger partial charge is 0.416 e. The zero-order valence-corrected chi connectivity index (χ0v) is 18.5. The SMILES string of the molecule is COC(=O)c1ccc(OC)c(S(=O)(=O)Nc2cc(C(F)(F)F)ccc2N2CCCCC2=O)c1. The Morgan fingerprint density at radius 1 is 1.09 bits per heavy atom. The monoisotopic (exact) mass is 486 g/mol. The number of methoxy groups -OCH3 is 2. The second kappa shape index (κ2) is 9.30. The molecule has 1 N–H and O–H groups in total. The summed E-state index contributed by atoms with van der Waals surface area (Å²) in [5, 5.41) is 0. The number of carbonyl (C=O) groups excluding carboxylic acids is 2. The number of alkyl halides is 3. The van der Waals surface area contributed by atoms with Gasteiger partial charge in [0.1, 0.15) is 10.6 Å².